The fourth-order valence-corrected chi connectivity index (χ4v) is 18.6. The first-order chi connectivity index (χ1) is 67.8. The van der Waals surface area contributed by atoms with Gasteiger partial charge in [0, 0.05) is 132 Å². The molecule has 0 bridgehead atoms. The number of pyridine rings is 1. The molecule has 1 saturated heterocycles. The molecule has 13 N–H and O–H groups in total. The van der Waals surface area contributed by atoms with Gasteiger partial charge >= 0.3 is 53.6 Å². The van der Waals surface area contributed by atoms with Gasteiger partial charge in [0.15, 0.2) is 12.1 Å². The predicted octanol–water partition coefficient (Wildman–Crippen LogP) is 8.61. The molecule has 0 radical (unpaired) electrons. The zero-order chi connectivity index (χ0) is 103. The number of fused-ring (bicyclic) bond motifs is 1. The molecule has 0 aliphatic carbocycles. The summed E-state index contributed by atoms with van der Waals surface area (Å²) in [5, 5.41) is 54.5. The van der Waals surface area contributed by atoms with E-state index in [1.54, 1.807) is 55.4 Å². The largest absolute Gasteiger partial charge is 1.00 e. The van der Waals surface area contributed by atoms with E-state index in [4.69, 9.17) is 38.5 Å². The number of unbranched alkanes of at least 4 members (excludes halogenated alkanes) is 28. The van der Waals surface area contributed by atoms with Crippen LogP contribution in [-0.4, -0.2) is 235 Å². The van der Waals surface area contributed by atoms with Gasteiger partial charge in [0.1, 0.15) is 42.7 Å². The summed E-state index contributed by atoms with van der Waals surface area (Å²) < 4.78 is 83.7. The molecule has 2 unspecified atom stereocenters. The number of aromatic nitrogens is 3. The van der Waals surface area contributed by atoms with Crippen LogP contribution in [0.4, 0.5) is 10.7 Å². The number of H-pyrrole nitrogens is 1. The Hall–Kier alpha value is -8.07. The molecule has 6 atom stereocenters. The van der Waals surface area contributed by atoms with E-state index in [2.05, 4.69) is 89.8 Å². The van der Waals surface area contributed by atoms with E-state index in [0.717, 1.165) is 49.0 Å². The standard InChI is InChI=1S/C52H96N3O13P.C41H54N10O17S4.Na/c1-4-6-8-10-12-14-16-18-20-22-24-26-28-30-32-34-49(58)65-43-46(68-50(59)35-33-31-29-27-25-23-21-19-17-15-13-11-9-7-5-2)44-67-69(62,63)66-41-38-54-52(61)64-40-37-53-47(56)36-39-55-48(57)42-45(3)51(55)60;1-23-14-26(64-13-5-6-33(52)42-9-10-43-38(56)30(20-70-67-65-60)49-39(57)31(21-71-68-66-61)48-34(53)22-69-4)15-24(2)36(23)72(62,63)50-29(40(58)59)18-46-37(55)28-19-51(3)32-16-25(7-8-27(32)35(28)54)17-47-41-44-11-12-45-41;/h45-46H,4-44H2,1-3H3,(H,53,56)(H,54,61)(H,62,63);7-8,11-12,14-16,19,29-31,50,60-61H,5-6,9-10,13,17-18,20-22H2,1-4H3,(H,42,52)(H,43,56)(H,46,55)(H,48,53)(H,49,57)(H,58,59)(H2,44,45,47);/q;;+1/p-1/t45?,46-;29-,30-,31-;/m10./s1. The van der Waals surface area contributed by atoms with Crippen LogP contribution in [0.2, 0.25) is 0 Å². The summed E-state index contributed by atoms with van der Waals surface area (Å²) in [5.74, 6) is -7.01. The number of aryl methyl sites for hydroxylation is 3. The fraction of sp³-hybridized carbons (Fsp3) is 0.677. The molecule has 0 saturated carbocycles. The molecule has 43 nitrogen and oxygen atoms in total. The summed E-state index contributed by atoms with van der Waals surface area (Å²) in [4.78, 5) is 183. The summed E-state index contributed by atoms with van der Waals surface area (Å²) in [6.07, 6.45) is 40.9. The van der Waals surface area contributed by atoms with Crippen LogP contribution < -0.4 is 91.9 Å². The Balaban J connectivity index is 0.000000726. The van der Waals surface area contributed by atoms with Crippen molar-refractivity contribution < 1.29 is 167 Å². The van der Waals surface area contributed by atoms with E-state index in [1.165, 1.54) is 185 Å². The van der Waals surface area contributed by atoms with Crippen molar-refractivity contribution in [2.24, 2.45) is 13.0 Å². The number of imide groups is 1. The minimum absolute atomic E-state index is 0. The number of esters is 2. The second kappa shape index (κ2) is 76.5. The Morgan fingerprint density at radius 2 is 1.15 bits per heavy atom. The molecule has 1 fully saturated rings. The average Bonchev–Trinajstić information content (AvgIpc) is 1.08. The van der Waals surface area contributed by atoms with Crippen molar-refractivity contribution in [3.8, 4) is 5.75 Å². The average molecular weight is 2110 g/mol. The van der Waals surface area contributed by atoms with Crippen molar-refractivity contribution in [2.45, 2.75) is 301 Å². The van der Waals surface area contributed by atoms with Crippen LogP contribution in [0, 0.1) is 19.8 Å². The predicted molar refractivity (Wildman–Crippen MR) is 530 cm³/mol. The van der Waals surface area contributed by atoms with Crippen molar-refractivity contribution >= 4 is 142 Å². The molecule has 2 aromatic carbocycles. The van der Waals surface area contributed by atoms with Gasteiger partial charge < -0.3 is 90.1 Å². The van der Waals surface area contributed by atoms with Crippen molar-refractivity contribution in [1.29, 1.82) is 0 Å². The van der Waals surface area contributed by atoms with Crippen molar-refractivity contribution in [1.82, 2.24) is 61.4 Å². The van der Waals surface area contributed by atoms with Crippen LogP contribution in [0.25, 0.3) is 10.9 Å². The molecule has 9 amide bonds. The number of rotatable bonds is 80. The Bertz CT molecular complexity index is 4630. The number of alkyl carbamates (subject to hydrolysis) is 1. The van der Waals surface area contributed by atoms with E-state index >= 15 is 0 Å². The number of imidazole rings is 1. The van der Waals surface area contributed by atoms with E-state index < -0.39 is 133 Å². The molecule has 0 spiro atoms. The minimum Gasteiger partial charge on any atom is -0.756 e. The first-order valence-electron chi connectivity index (χ1n) is 48.7. The van der Waals surface area contributed by atoms with E-state index in [9.17, 15) is 85.3 Å². The molecule has 1 aliphatic rings. The molecule has 49 heteroatoms. The molecular formula is C93H149N13NaO30PS4. The number of carbonyl (C=O) groups excluding carboxylic acids is 11. The Morgan fingerprint density at radius 1 is 0.613 bits per heavy atom. The SMILES string of the molecule is CCCCCCCCCCCCCCCCCC(=O)OC[C@H](COP(=O)([O-])OCCNC(=O)OCCNC(=O)CCN1C(=O)CC(C)C1=O)OC(=O)CCCCCCCCCCCCCCCCC.CSCC(=O)N[C@@H](CSOOO)C(=O)N[C@@H](CSOOO)C(=O)NCCNC(=O)CCCOc1cc(C)c(S(=O)(=O)N[C@@H](CNC(=O)c2cn(C)c3cc(CNc4ncc[nH]4)ccc3c2=O)C(=O)O)c(C)c1.[Na+]. The summed E-state index contributed by atoms with van der Waals surface area (Å²) in [7, 11) is -7.79. The summed E-state index contributed by atoms with van der Waals surface area (Å²) in [6.45, 7) is 6.76. The maximum absolute atomic E-state index is 13.6. The van der Waals surface area contributed by atoms with Gasteiger partial charge in [0.25, 0.3) is 13.7 Å². The summed E-state index contributed by atoms with van der Waals surface area (Å²) in [5.41, 5.74) is 0.897. The van der Waals surface area contributed by atoms with Gasteiger partial charge in [0.05, 0.1) is 54.0 Å². The number of amides is 9. The van der Waals surface area contributed by atoms with Crippen LogP contribution in [0.1, 0.15) is 279 Å². The molecule has 4 aromatic rings. The molecule has 1 aliphatic heterocycles. The normalized spacial score (nSPS) is 13.6. The van der Waals surface area contributed by atoms with E-state index in [0.29, 0.717) is 54.9 Å². The number of aromatic amines is 1. The van der Waals surface area contributed by atoms with Crippen molar-refractivity contribution in [2.75, 3.05) is 101 Å². The fourth-order valence-electron chi connectivity index (χ4n) is 14.9. The van der Waals surface area contributed by atoms with Crippen LogP contribution in [0.3, 0.4) is 0 Å². The number of phosphoric ester groups is 1. The third kappa shape index (κ3) is 56.0. The molecule has 142 heavy (non-hydrogen) atoms. The topological polar surface area (TPSA) is 594 Å². The number of anilines is 1. The number of sulfonamides is 1. The van der Waals surface area contributed by atoms with E-state index in [1.807, 2.05) is 0 Å². The quantitative estimate of drug-likeness (QED) is 0.00226. The number of likely N-dealkylation sites (tertiary alicyclic amines) is 1. The molecule has 3 heterocycles. The number of benzene rings is 2. The van der Waals surface area contributed by atoms with Gasteiger partial charge in [0.2, 0.25) is 56.8 Å². The minimum atomic E-state index is -4.93. The van der Waals surface area contributed by atoms with Gasteiger partial charge in [-0.3, -0.25) is 67.0 Å². The van der Waals surface area contributed by atoms with Crippen LogP contribution in [0.5, 0.6) is 5.75 Å². The number of nitrogens with zero attached hydrogens (tertiary/aromatic N) is 3. The number of hydrogen-bond donors (Lipinski definition) is 13. The van der Waals surface area contributed by atoms with Crippen LogP contribution >= 0.6 is 43.7 Å². The van der Waals surface area contributed by atoms with Crippen LogP contribution in [0.15, 0.2) is 58.6 Å². The summed E-state index contributed by atoms with van der Waals surface area (Å²) in [6, 6.07) is 3.57. The number of aliphatic carboxylic acids is 1. The number of nitrogens with one attached hydrogen (secondary N) is 10. The number of thioether (sulfide) groups is 1. The van der Waals surface area contributed by atoms with Gasteiger partial charge in [-0.05, 0) is 80.3 Å². The number of hydrogen-bond acceptors (Lipinski definition) is 34. The monoisotopic (exact) mass is 2110 g/mol. The zero-order valence-corrected chi connectivity index (χ0v) is 89.5. The Labute approximate surface area is 867 Å². The first kappa shape index (κ1) is 128. The number of phosphoric acid groups is 1. The number of carbonyl (C=O) groups is 12. The van der Waals surface area contributed by atoms with E-state index in [-0.39, 0.29) is 182 Å². The first-order valence-corrected chi connectivity index (χ1v) is 54.8. The van der Waals surface area contributed by atoms with Gasteiger partial charge in [-0.15, -0.1) is 8.67 Å². The second-order valence-electron chi connectivity index (χ2n) is 34.2. The number of carboxylic acid groups (broad SMARTS) is 1. The maximum Gasteiger partial charge on any atom is 1.00 e. The second-order valence-corrected chi connectivity index (χ2v) is 39.6. The number of carboxylic acids is 1. The van der Waals surface area contributed by atoms with Crippen molar-refractivity contribution in [3.63, 3.8) is 0 Å². The van der Waals surface area contributed by atoms with Crippen molar-refractivity contribution in [3.05, 3.63) is 81.4 Å². The molecule has 5 rings (SSSR count). The van der Waals surface area contributed by atoms with Gasteiger partial charge in [-0.1, -0.05) is 217 Å². The Morgan fingerprint density at radius 3 is 1.68 bits per heavy atom. The van der Waals surface area contributed by atoms with Gasteiger partial charge in [-0.25, -0.2) is 28.7 Å². The smallest absolute Gasteiger partial charge is 0.756 e. The summed E-state index contributed by atoms with van der Waals surface area (Å²) >= 11 is 2.17. The maximum atomic E-state index is 13.6. The molecule has 2 aromatic heterocycles. The molecule has 796 valence electrons. The van der Waals surface area contributed by atoms with Gasteiger partial charge in [-0.2, -0.15) is 16.5 Å². The zero-order valence-electron chi connectivity index (χ0n) is 83.4. The molecular weight excluding hydrogens is 1960 g/mol. The third-order valence-electron chi connectivity index (χ3n) is 22.4. The third-order valence-corrected chi connectivity index (χ3v) is 26.9. The number of ether oxygens (including phenoxy) is 4. The van der Waals surface area contributed by atoms with Crippen LogP contribution in [-0.2, 0) is 118 Å². The Kier molecular flexibility index (Phi) is 69.0.